The van der Waals surface area contributed by atoms with Gasteiger partial charge in [0, 0.05) is 6.42 Å². The van der Waals surface area contributed by atoms with E-state index in [0.717, 1.165) is 6.08 Å². The molecule has 0 aromatic heterocycles. The van der Waals surface area contributed by atoms with Crippen molar-refractivity contribution in [3.8, 4) is 0 Å². The van der Waals surface area contributed by atoms with Crippen molar-refractivity contribution in [3.05, 3.63) is 12.7 Å². The molecule has 0 radical (unpaired) electrons. The van der Waals surface area contributed by atoms with Crippen LogP contribution in [-0.4, -0.2) is 50.3 Å². The molecule has 0 aliphatic heterocycles. The highest BCUT2D eigenvalue weighted by Crippen LogP contribution is 2.20. The van der Waals surface area contributed by atoms with Gasteiger partial charge in [-0.3, -0.25) is 4.55 Å². The molecule has 10 heteroatoms. The third kappa shape index (κ3) is 5.10. The molecule has 0 aromatic rings. The first-order valence-corrected chi connectivity index (χ1v) is 7.47. The van der Waals surface area contributed by atoms with Crippen molar-refractivity contribution in [1.82, 2.24) is 0 Å². The van der Waals surface area contributed by atoms with E-state index in [-0.39, 0.29) is 6.54 Å². The fraction of sp³-hybridized carbons (Fsp3) is 0.714. The zero-order valence-corrected chi connectivity index (χ0v) is 10.6. The predicted molar refractivity (Wildman–Crippen MR) is 60.1 cm³/mol. The number of hydrogen-bond acceptors (Lipinski definition) is 7. The van der Waals surface area contributed by atoms with Crippen molar-refractivity contribution in [2.24, 2.45) is 5.73 Å². The third-order valence-electron chi connectivity index (χ3n) is 1.88. The second-order valence-electron chi connectivity index (χ2n) is 3.24. The minimum Gasteiger partial charge on any atom is -0.372 e. The van der Waals surface area contributed by atoms with Crippen LogP contribution in [0.2, 0.25) is 0 Å². The first-order chi connectivity index (χ1) is 7.58. The molecule has 0 saturated carbocycles. The molecular weight excluding hydrogens is 274 g/mol. The highest BCUT2D eigenvalue weighted by Gasteiger charge is 2.41. The molecule has 4 N–H and O–H groups in total. The first-order valence-electron chi connectivity index (χ1n) is 4.45. The monoisotopic (exact) mass is 289 g/mol. The fourth-order valence-corrected chi connectivity index (χ4v) is 2.73. The van der Waals surface area contributed by atoms with Gasteiger partial charge in [-0.1, -0.05) is 6.08 Å². The van der Waals surface area contributed by atoms with Gasteiger partial charge in [-0.05, 0) is 6.54 Å². The molecule has 102 valence electrons. The SMILES string of the molecule is C=CCS(=O)(=O)C(O)(CCN)COS(=O)(=O)O. The van der Waals surface area contributed by atoms with E-state index in [1.165, 1.54) is 0 Å². The molecular formula is C7H15NO7S2. The molecule has 0 rings (SSSR count). The lowest BCUT2D eigenvalue weighted by atomic mass is 10.2. The lowest BCUT2D eigenvalue weighted by Gasteiger charge is -2.25. The highest BCUT2D eigenvalue weighted by atomic mass is 32.3. The topological polar surface area (TPSA) is 144 Å². The van der Waals surface area contributed by atoms with Crippen LogP contribution in [0.1, 0.15) is 6.42 Å². The summed E-state index contributed by atoms with van der Waals surface area (Å²) in [5.74, 6) is -0.571. The Morgan fingerprint density at radius 3 is 2.24 bits per heavy atom. The van der Waals surface area contributed by atoms with Crippen molar-refractivity contribution in [1.29, 1.82) is 0 Å². The van der Waals surface area contributed by atoms with Gasteiger partial charge in [-0.15, -0.1) is 6.58 Å². The van der Waals surface area contributed by atoms with Crippen molar-refractivity contribution in [3.63, 3.8) is 0 Å². The van der Waals surface area contributed by atoms with E-state index >= 15 is 0 Å². The maximum atomic E-state index is 11.6. The van der Waals surface area contributed by atoms with Crippen LogP contribution >= 0.6 is 0 Å². The summed E-state index contributed by atoms with van der Waals surface area (Å²) >= 11 is 0. The largest absolute Gasteiger partial charge is 0.397 e. The lowest BCUT2D eigenvalue weighted by Crippen LogP contribution is -2.46. The number of sulfone groups is 1. The molecule has 0 spiro atoms. The number of aliphatic hydroxyl groups is 1. The maximum absolute atomic E-state index is 11.6. The van der Waals surface area contributed by atoms with Crippen LogP contribution in [0.25, 0.3) is 0 Å². The molecule has 0 aromatic carbocycles. The Morgan fingerprint density at radius 1 is 1.35 bits per heavy atom. The highest BCUT2D eigenvalue weighted by molar-refractivity contribution is 7.92. The van der Waals surface area contributed by atoms with Crippen molar-refractivity contribution in [2.75, 3.05) is 18.9 Å². The summed E-state index contributed by atoms with van der Waals surface area (Å²) in [4.78, 5) is -2.48. The predicted octanol–water partition coefficient (Wildman–Crippen LogP) is -1.56. The zero-order valence-electron chi connectivity index (χ0n) is 8.94. The molecule has 0 saturated heterocycles. The van der Waals surface area contributed by atoms with Gasteiger partial charge in [0.2, 0.25) is 0 Å². The Labute approximate surface area is 100.0 Å². The average molecular weight is 289 g/mol. The van der Waals surface area contributed by atoms with Gasteiger partial charge in [0.1, 0.15) is 6.61 Å². The summed E-state index contributed by atoms with van der Waals surface area (Å²) in [5, 5.41) is 9.82. The third-order valence-corrected chi connectivity index (χ3v) is 4.45. The van der Waals surface area contributed by atoms with E-state index in [4.69, 9.17) is 10.3 Å². The van der Waals surface area contributed by atoms with E-state index < -0.39 is 43.9 Å². The summed E-state index contributed by atoms with van der Waals surface area (Å²) in [6.07, 6.45) is 0.600. The van der Waals surface area contributed by atoms with E-state index in [9.17, 15) is 21.9 Å². The van der Waals surface area contributed by atoms with E-state index in [0.29, 0.717) is 0 Å². The Balaban J connectivity index is 5.10. The molecule has 17 heavy (non-hydrogen) atoms. The maximum Gasteiger partial charge on any atom is 0.397 e. The van der Waals surface area contributed by atoms with Gasteiger partial charge in [-0.2, -0.15) is 8.42 Å². The molecule has 0 fully saturated rings. The van der Waals surface area contributed by atoms with Crippen molar-refractivity contribution >= 4 is 20.2 Å². The molecule has 8 nitrogen and oxygen atoms in total. The molecule has 0 aliphatic rings. The Morgan fingerprint density at radius 2 is 1.88 bits per heavy atom. The van der Waals surface area contributed by atoms with E-state index in [2.05, 4.69) is 10.8 Å². The normalized spacial score (nSPS) is 16.4. The molecule has 1 atom stereocenters. The van der Waals surface area contributed by atoms with Gasteiger partial charge in [0.05, 0.1) is 5.75 Å². The molecule has 0 heterocycles. The van der Waals surface area contributed by atoms with Crippen LogP contribution < -0.4 is 5.73 Å². The second-order valence-corrected chi connectivity index (χ2v) is 6.66. The Bertz CT molecular complexity index is 455. The molecule has 1 unspecified atom stereocenters. The van der Waals surface area contributed by atoms with Gasteiger partial charge in [0.15, 0.2) is 14.8 Å². The van der Waals surface area contributed by atoms with Gasteiger partial charge < -0.3 is 10.8 Å². The Kier molecular flexibility index (Phi) is 5.71. The quantitative estimate of drug-likeness (QED) is 0.359. The molecule has 0 aliphatic carbocycles. The van der Waals surface area contributed by atoms with Gasteiger partial charge in [0.25, 0.3) is 0 Å². The smallest absolute Gasteiger partial charge is 0.372 e. The summed E-state index contributed by atoms with van der Waals surface area (Å²) < 4.78 is 56.2. The van der Waals surface area contributed by atoms with E-state index in [1.807, 2.05) is 0 Å². The van der Waals surface area contributed by atoms with Crippen molar-refractivity contribution in [2.45, 2.75) is 11.4 Å². The number of rotatable bonds is 8. The lowest BCUT2D eigenvalue weighted by molar-refractivity contribution is 0.0588. The minimum atomic E-state index is -4.84. The van der Waals surface area contributed by atoms with Crippen LogP contribution in [0, 0.1) is 0 Å². The van der Waals surface area contributed by atoms with Gasteiger partial charge >= 0.3 is 10.4 Å². The molecule has 0 bridgehead atoms. The first kappa shape index (κ1) is 16.5. The van der Waals surface area contributed by atoms with Crippen LogP contribution in [0.3, 0.4) is 0 Å². The zero-order chi connectivity index (χ0) is 13.7. The van der Waals surface area contributed by atoms with Crippen molar-refractivity contribution < 1.29 is 30.7 Å². The minimum absolute atomic E-state index is 0.207. The summed E-state index contributed by atoms with van der Waals surface area (Å²) in [6.45, 7) is 1.87. The molecule has 0 amide bonds. The van der Waals surface area contributed by atoms with E-state index in [1.54, 1.807) is 0 Å². The van der Waals surface area contributed by atoms with Gasteiger partial charge in [-0.25, -0.2) is 12.6 Å². The van der Waals surface area contributed by atoms with Crippen LogP contribution in [0.15, 0.2) is 12.7 Å². The summed E-state index contributed by atoms with van der Waals surface area (Å²) in [7, 11) is -8.94. The fourth-order valence-electron chi connectivity index (χ4n) is 1.02. The standard InChI is InChI=1S/C7H15NO7S2/c1-2-5-16(10,11)7(9,3-4-8)6-15-17(12,13)14/h2,9H,1,3-6,8H2,(H,12,13,14). The summed E-state index contributed by atoms with van der Waals surface area (Å²) in [5.41, 5.74) is 5.13. The number of nitrogens with two attached hydrogens (primary N) is 1. The second kappa shape index (κ2) is 5.89. The Hall–Kier alpha value is -0.520. The average Bonchev–Trinajstić information content (AvgIpc) is 2.14. The van der Waals surface area contributed by atoms with Crippen LogP contribution in [-0.2, 0) is 24.4 Å². The van der Waals surface area contributed by atoms with Crippen LogP contribution in [0.5, 0.6) is 0 Å². The number of hydrogen-bond donors (Lipinski definition) is 3. The summed E-state index contributed by atoms with van der Waals surface area (Å²) in [6, 6.07) is 0. The van der Waals surface area contributed by atoms with Crippen LogP contribution in [0.4, 0.5) is 0 Å².